The molecule has 0 aliphatic carbocycles. The van der Waals surface area contributed by atoms with Crippen LogP contribution in [0.4, 0.5) is 5.82 Å². The van der Waals surface area contributed by atoms with E-state index in [4.69, 9.17) is 5.73 Å². The minimum atomic E-state index is 0.444. The summed E-state index contributed by atoms with van der Waals surface area (Å²) in [5, 5.41) is 4.09. The van der Waals surface area contributed by atoms with E-state index in [0.717, 1.165) is 13.9 Å². The monoisotopic (exact) mass is 365 g/mol. The van der Waals surface area contributed by atoms with Gasteiger partial charge in [-0.15, -0.1) is 5.10 Å². The van der Waals surface area contributed by atoms with Crippen molar-refractivity contribution in [3.05, 3.63) is 26.8 Å². The Labute approximate surface area is 102 Å². The number of nitrogen functional groups attached to an aromatic ring is 1. The van der Waals surface area contributed by atoms with Crippen molar-refractivity contribution in [2.45, 2.75) is 0 Å². The highest BCUT2D eigenvalue weighted by Gasteiger charge is 2.07. The van der Waals surface area contributed by atoms with Crippen molar-refractivity contribution in [3.8, 4) is 5.82 Å². The quantitative estimate of drug-likeness (QED) is 0.779. The van der Waals surface area contributed by atoms with Gasteiger partial charge in [0.1, 0.15) is 6.33 Å². The molecular formula is C7H5BrIN5. The first kappa shape index (κ1) is 9.84. The van der Waals surface area contributed by atoms with Gasteiger partial charge in [0.05, 0.1) is 8.04 Å². The van der Waals surface area contributed by atoms with Crippen LogP contribution < -0.4 is 5.73 Å². The summed E-state index contributed by atoms with van der Waals surface area (Å²) in [4.78, 5) is 8.01. The normalized spacial score (nSPS) is 10.4. The van der Waals surface area contributed by atoms with Crippen LogP contribution in [-0.2, 0) is 0 Å². The van der Waals surface area contributed by atoms with Crippen LogP contribution in [0.1, 0.15) is 0 Å². The summed E-state index contributed by atoms with van der Waals surface area (Å²) in [5.41, 5.74) is 5.60. The van der Waals surface area contributed by atoms with E-state index in [1.807, 2.05) is 0 Å². The summed E-state index contributed by atoms with van der Waals surface area (Å²) in [7, 11) is 0. The van der Waals surface area contributed by atoms with Gasteiger partial charge >= 0.3 is 0 Å². The maximum absolute atomic E-state index is 5.60. The summed E-state index contributed by atoms with van der Waals surface area (Å²) in [5.74, 6) is 1.16. The van der Waals surface area contributed by atoms with Gasteiger partial charge in [0, 0.05) is 12.4 Å². The molecule has 2 aromatic rings. The van der Waals surface area contributed by atoms with Crippen LogP contribution in [0.25, 0.3) is 5.82 Å². The largest absolute Gasteiger partial charge is 0.381 e. The highest BCUT2D eigenvalue weighted by atomic mass is 127. The second-order valence-corrected chi connectivity index (χ2v) is 4.52. The van der Waals surface area contributed by atoms with Crippen molar-refractivity contribution < 1.29 is 0 Å². The zero-order chi connectivity index (χ0) is 10.1. The van der Waals surface area contributed by atoms with Crippen LogP contribution >= 0.6 is 38.5 Å². The molecule has 0 unspecified atom stereocenters. The molecule has 5 nitrogen and oxygen atoms in total. The first-order valence-electron chi connectivity index (χ1n) is 3.65. The van der Waals surface area contributed by atoms with Crippen molar-refractivity contribution >= 4 is 44.3 Å². The minimum Gasteiger partial charge on any atom is -0.381 e. The zero-order valence-corrected chi connectivity index (χ0v) is 10.6. The Kier molecular flexibility index (Phi) is 2.68. The van der Waals surface area contributed by atoms with Gasteiger partial charge in [-0.05, 0) is 38.5 Å². The van der Waals surface area contributed by atoms with Crippen molar-refractivity contribution in [2.75, 3.05) is 5.73 Å². The lowest BCUT2D eigenvalue weighted by atomic mass is 10.6. The number of nitrogens with two attached hydrogens (primary N) is 1. The van der Waals surface area contributed by atoms with Crippen molar-refractivity contribution in [1.29, 1.82) is 0 Å². The third-order valence-corrected chi connectivity index (χ3v) is 2.93. The maximum atomic E-state index is 5.60. The molecule has 0 aromatic carbocycles. The van der Waals surface area contributed by atoms with E-state index < -0.39 is 0 Å². The Morgan fingerprint density at radius 1 is 1.50 bits per heavy atom. The SMILES string of the molecule is Nc1nn(-c2ncncc2I)cc1Br. The van der Waals surface area contributed by atoms with Crippen LogP contribution in [0, 0.1) is 3.57 Å². The number of halogens is 2. The molecule has 0 radical (unpaired) electrons. The molecule has 2 aromatic heterocycles. The van der Waals surface area contributed by atoms with Crippen molar-refractivity contribution in [3.63, 3.8) is 0 Å². The Balaban J connectivity index is 2.55. The fourth-order valence-corrected chi connectivity index (χ4v) is 1.77. The first-order chi connectivity index (χ1) is 6.68. The number of hydrogen-bond donors (Lipinski definition) is 1. The lowest BCUT2D eigenvalue weighted by Gasteiger charge is -2.00. The predicted octanol–water partition coefficient (Wildman–Crippen LogP) is 1.61. The third kappa shape index (κ3) is 1.73. The third-order valence-electron chi connectivity index (χ3n) is 1.56. The average Bonchev–Trinajstić information content (AvgIpc) is 2.48. The Morgan fingerprint density at radius 2 is 2.29 bits per heavy atom. The lowest BCUT2D eigenvalue weighted by Crippen LogP contribution is -2.02. The first-order valence-corrected chi connectivity index (χ1v) is 5.52. The van der Waals surface area contributed by atoms with Gasteiger partial charge in [0.25, 0.3) is 0 Å². The maximum Gasteiger partial charge on any atom is 0.170 e. The molecule has 0 saturated heterocycles. The number of anilines is 1. The molecule has 2 N–H and O–H groups in total. The van der Waals surface area contributed by atoms with E-state index in [9.17, 15) is 0 Å². The van der Waals surface area contributed by atoms with E-state index >= 15 is 0 Å². The summed E-state index contributed by atoms with van der Waals surface area (Å²) in [6.45, 7) is 0. The van der Waals surface area contributed by atoms with Crippen molar-refractivity contribution in [2.24, 2.45) is 0 Å². The fraction of sp³-hybridized carbons (Fsp3) is 0. The minimum absolute atomic E-state index is 0.444. The molecular weight excluding hydrogens is 361 g/mol. The molecule has 14 heavy (non-hydrogen) atoms. The lowest BCUT2D eigenvalue weighted by molar-refractivity contribution is 0.836. The highest BCUT2D eigenvalue weighted by molar-refractivity contribution is 14.1. The smallest absolute Gasteiger partial charge is 0.170 e. The molecule has 0 atom stereocenters. The summed E-state index contributed by atoms with van der Waals surface area (Å²) in [6.07, 6.45) is 4.96. The van der Waals surface area contributed by atoms with Gasteiger partial charge in [-0.2, -0.15) is 0 Å². The second-order valence-electron chi connectivity index (χ2n) is 2.50. The average molecular weight is 366 g/mol. The van der Waals surface area contributed by atoms with E-state index in [1.165, 1.54) is 6.33 Å². The molecule has 0 spiro atoms. The van der Waals surface area contributed by atoms with E-state index in [1.54, 1.807) is 17.1 Å². The van der Waals surface area contributed by atoms with Crippen LogP contribution in [0.3, 0.4) is 0 Å². The zero-order valence-electron chi connectivity index (χ0n) is 6.85. The molecule has 0 bridgehead atoms. The van der Waals surface area contributed by atoms with Gasteiger partial charge in [0.2, 0.25) is 0 Å². The molecule has 72 valence electrons. The van der Waals surface area contributed by atoms with Gasteiger partial charge < -0.3 is 5.73 Å². The highest BCUT2D eigenvalue weighted by Crippen LogP contribution is 2.20. The molecule has 0 fully saturated rings. The molecule has 7 heteroatoms. The van der Waals surface area contributed by atoms with E-state index in [-0.39, 0.29) is 0 Å². The molecule has 0 aliphatic heterocycles. The van der Waals surface area contributed by atoms with Crippen LogP contribution in [0.2, 0.25) is 0 Å². The number of rotatable bonds is 1. The van der Waals surface area contributed by atoms with E-state index in [2.05, 4.69) is 53.6 Å². The predicted molar refractivity (Wildman–Crippen MR) is 64.0 cm³/mol. The van der Waals surface area contributed by atoms with Crippen LogP contribution in [0.5, 0.6) is 0 Å². The van der Waals surface area contributed by atoms with Crippen LogP contribution in [-0.4, -0.2) is 19.7 Å². The van der Waals surface area contributed by atoms with Gasteiger partial charge in [-0.3, -0.25) is 0 Å². The van der Waals surface area contributed by atoms with E-state index in [0.29, 0.717) is 5.82 Å². The van der Waals surface area contributed by atoms with Crippen molar-refractivity contribution in [1.82, 2.24) is 19.7 Å². The summed E-state index contributed by atoms with van der Waals surface area (Å²) < 4.78 is 3.29. The summed E-state index contributed by atoms with van der Waals surface area (Å²) >= 11 is 5.43. The Hall–Kier alpha value is -0.700. The Bertz CT molecular complexity index is 449. The molecule has 0 saturated carbocycles. The number of aromatic nitrogens is 4. The standard InChI is InChI=1S/C7H5BrIN5/c8-4-2-14(13-6(4)10)7-5(9)1-11-3-12-7/h1-3H,(H2,10,13). The topological polar surface area (TPSA) is 69.6 Å². The second kappa shape index (κ2) is 3.81. The van der Waals surface area contributed by atoms with Gasteiger partial charge in [0.15, 0.2) is 11.6 Å². The fourth-order valence-electron chi connectivity index (χ4n) is 0.949. The number of hydrogen-bond acceptors (Lipinski definition) is 4. The van der Waals surface area contributed by atoms with Gasteiger partial charge in [-0.1, -0.05) is 0 Å². The summed E-state index contributed by atoms with van der Waals surface area (Å²) in [6, 6.07) is 0. The Morgan fingerprint density at radius 3 is 2.86 bits per heavy atom. The van der Waals surface area contributed by atoms with Gasteiger partial charge in [-0.25, -0.2) is 14.6 Å². The molecule has 0 aliphatic rings. The number of nitrogens with zero attached hydrogens (tertiary/aromatic N) is 4. The molecule has 2 rings (SSSR count). The van der Waals surface area contributed by atoms with Crippen LogP contribution in [0.15, 0.2) is 23.2 Å². The molecule has 0 amide bonds. The molecule has 2 heterocycles.